The molecule has 138 valence electrons. The molecular weight excluding hydrogens is 356 g/mol. The van der Waals surface area contributed by atoms with Gasteiger partial charge in [0.1, 0.15) is 23.2 Å². The molecule has 6 heteroatoms. The van der Waals surface area contributed by atoms with Gasteiger partial charge in [-0.15, -0.1) is 0 Å². The van der Waals surface area contributed by atoms with Gasteiger partial charge in [0.2, 0.25) is 0 Å². The largest absolute Gasteiger partial charge is 0.478 e. The Labute approximate surface area is 161 Å². The van der Waals surface area contributed by atoms with Crippen molar-refractivity contribution in [1.82, 2.24) is 0 Å². The van der Waals surface area contributed by atoms with E-state index < -0.39 is 11.9 Å². The fraction of sp³-hybridized carbons (Fsp3) is 0.0455. The number of carboxylic acids is 1. The lowest BCUT2D eigenvalue weighted by Gasteiger charge is -2.04. The number of nitrogens with one attached hydrogen (secondary N) is 1. The summed E-state index contributed by atoms with van der Waals surface area (Å²) in [6.07, 6.45) is 1.36. The molecule has 1 amide bonds. The first-order valence-electron chi connectivity index (χ1n) is 8.39. The van der Waals surface area contributed by atoms with Crippen LogP contribution in [0.15, 0.2) is 70.7 Å². The van der Waals surface area contributed by atoms with Crippen molar-refractivity contribution in [2.75, 3.05) is 5.32 Å². The number of hydrogen-bond acceptors (Lipinski definition) is 4. The van der Waals surface area contributed by atoms with Crippen LogP contribution in [0.4, 0.5) is 5.69 Å². The smallest absolute Gasteiger partial charge is 0.335 e. The van der Waals surface area contributed by atoms with E-state index in [4.69, 9.17) is 9.52 Å². The molecule has 2 N–H and O–H groups in total. The number of carboxylic acid groups (broad SMARTS) is 1. The zero-order valence-electron chi connectivity index (χ0n) is 15.0. The van der Waals surface area contributed by atoms with E-state index in [1.165, 1.54) is 18.2 Å². The van der Waals surface area contributed by atoms with Crippen molar-refractivity contribution in [3.05, 3.63) is 83.1 Å². The lowest BCUT2D eigenvalue weighted by atomic mass is 10.1. The average Bonchev–Trinajstić information content (AvgIpc) is 3.14. The average molecular weight is 372 g/mol. The van der Waals surface area contributed by atoms with Crippen LogP contribution in [-0.2, 0) is 4.79 Å². The van der Waals surface area contributed by atoms with Crippen molar-refractivity contribution in [2.24, 2.45) is 0 Å². The number of aryl methyl sites for hydroxylation is 1. The number of benzene rings is 2. The monoisotopic (exact) mass is 372 g/mol. The van der Waals surface area contributed by atoms with E-state index in [0.717, 1.165) is 5.56 Å². The summed E-state index contributed by atoms with van der Waals surface area (Å²) in [5, 5.41) is 21.0. The predicted octanol–water partition coefficient (Wildman–Crippen LogP) is 4.50. The van der Waals surface area contributed by atoms with Crippen LogP contribution in [0.25, 0.3) is 17.4 Å². The molecule has 0 saturated carbocycles. The second kappa shape index (κ2) is 8.06. The van der Waals surface area contributed by atoms with Gasteiger partial charge in [-0.05, 0) is 48.9 Å². The Balaban J connectivity index is 1.79. The summed E-state index contributed by atoms with van der Waals surface area (Å²) in [5.41, 5.74) is 2.36. The van der Waals surface area contributed by atoms with Gasteiger partial charge < -0.3 is 14.8 Å². The van der Waals surface area contributed by atoms with Crippen LogP contribution in [0.2, 0.25) is 0 Å². The molecule has 2 aromatic carbocycles. The summed E-state index contributed by atoms with van der Waals surface area (Å²) in [6.45, 7) is 1.91. The summed E-state index contributed by atoms with van der Waals surface area (Å²) in [6, 6.07) is 18.7. The molecule has 1 aromatic heterocycles. The molecule has 0 spiro atoms. The maximum absolute atomic E-state index is 12.3. The Morgan fingerprint density at radius 1 is 1.11 bits per heavy atom. The standard InChI is InChI=1S/C22H16N2O4/c1-14-3-2-4-18(11-14)24-21(25)17(13-23)12-19-9-10-20(28-19)15-5-7-16(8-6-15)22(26)27/h2-12H,1H3,(H,24,25)(H,26,27)/b17-12-. The number of anilines is 1. The number of nitriles is 1. The summed E-state index contributed by atoms with van der Waals surface area (Å²) < 4.78 is 5.67. The van der Waals surface area contributed by atoms with Crippen molar-refractivity contribution in [3.63, 3.8) is 0 Å². The van der Waals surface area contributed by atoms with Crippen LogP contribution >= 0.6 is 0 Å². The number of carbonyl (C=O) groups excluding carboxylic acids is 1. The zero-order chi connectivity index (χ0) is 20.1. The number of carbonyl (C=O) groups is 2. The molecule has 6 nitrogen and oxygen atoms in total. The van der Waals surface area contributed by atoms with Crippen molar-refractivity contribution >= 4 is 23.6 Å². The summed E-state index contributed by atoms with van der Waals surface area (Å²) in [7, 11) is 0. The molecule has 3 rings (SSSR count). The molecule has 0 atom stereocenters. The van der Waals surface area contributed by atoms with Crippen LogP contribution in [0, 0.1) is 18.3 Å². The third-order valence-electron chi connectivity index (χ3n) is 3.97. The third kappa shape index (κ3) is 4.34. The SMILES string of the molecule is Cc1cccc(NC(=O)/C(C#N)=C\c2ccc(-c3ccc(C(=O)O)cc3)o2)c1. The van der Waals surface area contributed by atoms with Gasteiger partial charge in [0.25, 0.3) is 5.91 Å². The van der Waals surface area contributed by atoms with Crippen molar-refractivity contribution in [2.45, 2.75) is 6.92 Å². The molecule has 1 heterocycles. The minimum atomic E-state index is -1.01. The first-order valence-corrected chi connectivity index (χ1v) is 8.39. The molecule has 0 bridgehead atoms. The minimum Gasteiger partial charge on any atom is -0.478 e. The number of rotatable bonds is 5. The lowest BCUT2D eigenvalue weighted by molar-refractivity contribution is -0.112. The van der Waals surface area contributed by atoms with Gasteiger partial charge in [0, 0.05) is 17.3 Å². The van der Waals surface area contributed by atoms with Gasteiger partial charge in [-0.3, -0.25) is 4.79 Å². The van der Waals surface area contributed by atoms with E-state index in [9.17, 15) is 14.9 Å². The molecule has 0 unspecified atom stereocenters. The summed E-state index contributed by atoms with van der Waals surface area (Å²) in [5.74, 6) is -0.697. The highest BCUT2D eigenvalue weighted by atomic mass is 16.4. The topological polar surface area (TPSA) is 103 Å². The maximum Gasteiger partial charge on any atom is 0.335 e. The Bertz CT molecular complexity index is 1100. The molecule has 0 radical (unpaired) electrons. The molecule has 0 fully saturated rings. The van der Waals surface area contributed by atoms with Crippen LogP contribution in [0.3, 0.4) is 0 Å². The lowest BCUT2D eigenvalue weighted by Crippen LogP contribution is -2.13. The fourth-order valence-corrected chi connectivity index (χ4v) is 2.57. The van der Waals surface area contributed by atoms with Crippen molar-refractivity contribution in [1.29, 1.82) is 5.26 Å². The van der Waals surface area contributed by atoms with Gasteiger partial charge in [-0.1, -0.05) is 24.3 Å². The minimum absolute atomic E-state index is 0.0939. The number of nitrogens with zero attached hydrogens (tertiary/aromatic N) is 1. The molecule has 0 aliphatic rings. The van der Waals surface area contributed by atoms with E-state index in [1.807, 2.05) is 25.1 Å². The van der Waals surface area contributed by atoms with Gasteiger partial charge in [-0.2, -0.15) is 5.26 Å². The molecule has 0 aliphatic carbocycles. The molecule has 0 saturated heterocycles. The van der Waals surface area contributed by atoms with Crippen molar-refractivity contribution < 1.29 is 19.1 Å². The van der Waals surface area contributed by atoms with Gasteiger partial charge >= 0.3 is 5.97 Å². The summed E-state index contributed by atoms with van der Waals surface area (Å²) in [4.78, 5) is 23.3. The molecule has 28 heavy (non-hydrogen) atoms. The second-order valence-corrected chi connectivity index (χ2v) is 6.08. The number of aromatic carboxylic acids is 1. The fourth-order valence-electron chi connectivity index (χ4n) is 2.57. The third-order valence-corrected chi connectivity index (χ3v) is 3.97. The van der Waals surface area contributed by atoms with E-state index in [0.29, 0.717) is 22.8 Å². The Hall–Kier alpha value is -4.11. The highest BCUT2D eigenvalue weighted by Crippen LogP contribution is 2.24. The van der Waals surface area contributed by atoms with E-state index >= 15 is 0 Å². The quantitative estimate of drug-likeness (QED) is 0.507. The van der Waals surface area contributed by atoms with E-state index in [-0.39, 0.29) is 11.1 Å². The number of hydrogen-bond donors (Lipinski definition) is 2. The predicted molar refractivity (Wildman–Crippen MR) is 105 cm³/mol. The number of amides is 1. The Morgan fingerprint density at radius 2 is 1.86 bits per heavy atom. The zero-order valence-corrected chi connectivity index (χ0v) is 15.0. The van der Waals surface area contributed by atoms with Crippen LogP contribution in [0.5, 0.6) is 0 Å². The highest BCUT2D eigenvalue weighted by Gasteiger charge is 2.12. The first-order chi connectivity index (χ1) is 13.5. The van der Waals surface area contributed by atoms with Crippen LogP contribution < -0.4 is 5.32 Å². The molecular formula is C22H16N2O4. The van der Waals surface area contributed by atoms with Crippen molar-refractivity contribution in [3.8, 4) is 17.4 Å². The first kappa shape index (κ1) is 18.7. The normalized spacial score (nSPS) is 10.9. The van der Waals surface area contributed by atoms with E-state index in [1.54, 1.807) is 36.4 Å². The van der Waals surface area contributed by atoms with Gasteiger partial charge in [-0.25, -0.2) is 4.79 Å². The van der Waals surface area contributed by atoms with Crippen LogP contribution in [-0.4, -0.2) is 17.0 Å². The van der Waals surface area contributed by atoms with Gasteiger partial charge in [0.15, 0.2) is 0 Å². The number of furan rings is 1. The molecule has 0 aliphatic heterocycles. The molecule has 3 aromatic rings. The van der Waals surface area contributed by atoms with Crippen LogP contribution in [0.1, 0.15) is 21.7 Å². The Morgan fingerprint density at radius 3 is 2.50 bits per heavy atom. The van der Waals surface area contributed by atoms with E-state index in [2.05, 4.69) is 5.32 Å². The second-order valence-electron chi connectivity index (χ2n) is 6.08. The van der Waals surface area contributed by atoms with Gasteiger partial charge in [0.05, 0.1) is 5.56 Å². The Kier molecular flexibility index (Phi) is 5.38. The maximum atomic E-state index is 12.3. The highest BCUT2D eigenvalue weighted by molar-refractivity contribution is 6.09. The summed E-state index contributed by atoms with van der Waals surface area (Å²) >= 11 is 0.